The highest BCUT2D eigenvalue weighted by Gasteiger charge is 2.15. The summed E-state index contributed by atoms with van der Waals surface area (Å²) < 4.78 is 6.76. The Morgan fingerprint density at radius 1 is 1.30 bits per heavy atom. The number of hydrogen-bond acceptors (Lipinski definition) is 5. The van der Waals surface area contributed by atoms with E-state index in [0.717, 1.165) is 37.7 Å². The Kier molecular flexibility index (Phi) is 2.97. The van der Waals surface area contributed by atoms with Crippen LogP contribution in [0.4, 0.5) is 0 Å². The highest BCUT2D eigenvalue weighted by Crippen LogP contribution is 2.25. The maximum absolute atomic E-state index is 12.6. The Hall–Kier alpha value is -1.95. The van der Waals surface area contributed by atoms with Crippen LogP contribution in [0.2, 0.25) is 0 Å². The highest BCUT2D eigenvalue weighted by atomic mass is 32.1. The van der Waals surface area contributed by atoms with Crippen molar-refractivity contribution in [2.75, 3.05) is 0 Å². The van der Waals surface area contributed by atoms with Gasteiger partial charge in [-0.2, -0.15) is 0 Å². The highest BCUT2D eigenvalue weighted by molar-refractivity contribution is 7.18. The van der Waals surface area contributed by atoms with Crippen molar-refractivity contribution in [3.8, 4) is 0 Å². The summed E-state index contributed by atoms with van der Waals surface area (Å²) in [4.78, 5) is 18.9. The van der Waals surface area contributed by atoms with Crippen LogP contribution in [0.3, 0.4) is 0 Å². The second-order valence-corrected chi connectivity index (χ2v) is 6.15. The van der Waals surface area contributed by atoms with Crippen LogP contribution in [0.5, 0.6) is 0 Å². The maximum atomic E-state index is 12.6. The Balaban J connectivity index is 2.16. The lowest BCUT2D eigenvalue weighted by Gasteiger charge is -2.05. The Bertz CT molecular complexity index is 838. The van der Waals surface area contributed by atoms with Crippen molar-refractivity contribution >= 4 is 21.6 Å². The van der Waals surface area contributed by atoms with Gasteiger partial charge in [0.2, 0.25) is 0 Å². The van der Waals surface area contributed by atoms with Gasteiger partial charge in [0, 0.05) is 10.4 Å². The van der Waals surface area contributed by atoms with E-state index in [4.69, 9.17) is 4.52 Å². The molecule has 0 N–H and O–H groups in total. The molecule has 20 heavy (non-hydrogen) atoms. The summed E-state index contributed by atoms with van der Waals surface area (Å²) in [6.45, 7) is 8.16. The predicted molar refractivity (Wildman–Crippen MR) is 78.4 cm³/mol. The molecular formula is C14H15N3O2S. The van der Waals surface area contributed by atoms with Crippen LogP contribution >= 0.6 is 11.3 Å². The first kappa shape index (κ1) is 13.1. The molecule has 0 spiro atoms. The summed E-state index contributed by atoms with van der Waals surface area (Å²) in [6.07, 6.45) is 1.60. The van der Waals surface area contributed by atoms with Crippen LogP contribution in [-0.2, 0) is 6.54 Å². The fraction of sp³-hybridized carbons (Fsp3) is 0.357. The molecule has 3 heterocycles. The Morgan fingerprint density at radius 2 is 2.05 bits per heavy atom. The van der Waals surface area contributed by atoms with Gasteiger partial charge in [0.1, 0.15) is 10.6 Å². The summed E-state index contributed by atoms with van der Waals surface area (Å²) in [6, 6.07) is 0. The van der Waals surface area contributed by atoms with E-state index < -0.39 is 0 Å². The zero-order valence-electron chi connectivity index (χ0n) is 11.9. The van der Waals surface area contributed by atoms with Gasteiger partial charge in [0.15, 0.2) is 0 Å². The third-order valence-corrected chi connectivity index (χ3v) is 4.78. The van der Waals surface area contributed by atoms with Crippen LogP contribution in [0.25, 0.3) is 10.2 Å². The van der Waals surface area contributed by atoms with E-state index in [1.165, 1.54) is 0 Å². The lowest BCUT2D eigenvalue weighted by atomic mass is 10.2. The normalized spacial score (nSPS) is 11.4. The summed E-state index contributed by atoms with van der Waals surface area (Å²) in [5.41, 5.74) is 2.78. The third kappa shape index (κ3) is 1.87. The van der Waals surface area contributed by atoms with Crippen LogP contribution in [0, 0.1) is 27.7 Å². The number of thiophene rings is 1. The zero-order chi connectivity index (χ0) is 14.4. The van der Waals surface area contributed by atoms with E-state index in [1.807, 2.05) is 27.7 Å². The summed E-state index contributed by atoms with van der Waals surface area (Å²) in [5.74, 6) is 0.743. The van der Waals surface area contributed by atoms with E-state index in [9.17, 15) is 4.79 Å². The number of hydrogen-bond donors (Lipinski definition) is 0. The molecular weight excluding hydrogens is 274 g/mol. The zero-order valence-corrected chi connectivity index (χ0v) is 12.7. The summed E-state index contributed by atoms with van der Waals surface area (Å²) in [7, 11) is 0. The van der Waals surface area contributed by atoms with Crippen molar-refractivity contribution in [1.82, 2.24) is 14.7 Å². The molecule has 0 fully saturated rings. The predicted octanol–water partition coefficient (Wildman–Crippen LogP) is 2.73. The van der Waals surface area contributed by atoms with Gasteiger partial charge in [-0.05, 0) is 33.3 Å². The first-order valence-electron chi connectivity index (χ1n) is 6.36. The molecule has 0 unspecified atom stereocenters. The van der Waals surface area contributed by atoms with Crippen molar-refractivity contribution in [3.63, 3.8) is 0 Å². The second-order valence-electron chi connectivity index (χ2n) is 4.94. The Morgan fingerprint density at radius 3 is 2.70 bits per heavy atom. The fourth-order valence-electron chi connectivity index (χ4n) is 2.28. The van der Waals surface area contributed by atoms with Gasteiger partial charge in [-0.25, -0.2) is 4.98 Å². The number of nitrogens with zero attached hydrogens (tertiary/aromatic N) is 3. The molecule has 0 aliphatic rings. The standard InChI is InChI=1S/C14H15N3O2S/c1-7-10(4)20-13-12(7)14(18)17(6-15-13)5-11-8(2)16-19-9(11)3/h6H,5H2,1-4H3. The molecule has 0 atom stereocenters. The molecule has 0 aliphatic carbocycles. The first-order valence-corrected chi connectivity index (χ1v) is 7.17. The van der Waals surface area contributed by atoms with E-state index >= 15 is 0 Å². The van der Waals surface area contributed by atoms with Crippen LogP contribution < -0.4 is 5.56 Å². The van der Waals surface area contributed by atoms with E-state index in [0.29, 0.717) is 6.54 Å². The third-order valence-electron chi connectivity index (χ3n) is 3.67. The molecule has 3 aromatic rings. The monoisotopic (exact) mass is 289 g/mol. The molecule has 0 saturated heterocycles. The molecule has 6 heteroatoms. The van der Waals surface area contributed by atoms with Crippen LogP contribution in [-0.4, -0.2) is 14.7 Å². The molecule has 0 aromatic carbocycles. The number of fused-ring (bicyclic) bond motifs is 1. The maximum Gasteiger partial charge on any atom is 0.262 e. The lowest BCUT2D eigenvalue weighted by molar-refractivity contribution is 0.392. The number of aryl methyl sites for hydroxylation is 4. The van der Waals surface area contributed by atoms with Gasteiger partial charge >= 0.3 is 0 Å². The van der Waals surface area contributed by atoms with Crippen molar-refractivity contribution in [3.05, 3.63) is 44.1 Å². The molecule has 3 aromatic heterocycles. The SMILES string of the molecule is Cc1noc(C)c1Cn1cnc2sc(C)c(C)c2c1=O. The molecule has 0 bridgehead atoms. The summed E-state index contributed by atoms with van der Waals surface area (Å²) in [5, 5.41) is 4.64. The van der Waals surface area contributed by atoms with Crippen molar-refractivity contribution in [2.24, 2.45) is 0 Å². The largest absolute Gasteiger partial charge is 0.361 e. The van der Waals surface area contributed by atoms with E-state index in [-0.39, 0.29) is 5.56 Å². The van der Waals surface area contributed by atoms with Crippen molar-refractivity contribution in [2.45, 2.75) is 34.2 Å². The quantitative estimate of drug-likeness (QED) is 0.727. The minimum atomic E-state index is -0.00292. The van der Waals surface area contributed by atoms with Gasteiger partial charge in [0.05, 0.1) is 24.0 Å². The molecule has 104 valence electrons. The molecule has 0 amide bonds. The average molecular weight is 289 g/mol. The fourth-order valence-corrected chi connectivity index (χ4v) is 3.27. The Labute approximate surface area is 119 Å². The molecule has 0 aliphatic heterocycles. The van der Waals surface area contributed by atoms with Gasteiger partial charge in [-0.3, -0.25) is 9.36 Å². The molecule has 0 saturated carbocycles. The number of aromatic nitrogens is 3. The smallest absolute Gasteiger partial charge is 0.262 e. The van der Waals surface area contributed by atoms with Crippen molar-refractivity contribution < 1.29 is 4.52 Å². The average Bonchev–Trinajstić information content (AvgIpc) is 2.87. The van der Waals surface area contributed by atoms with Crippen molar-refractivity contribution in [1.29, 1.82) is 0 Å². The minimum Gasteiger partial charge on any atom is -0.361 e. The van der Waals surface area contributed by atoms with Gasteiger partial charge in [-0.15, -0.1) is 11.3 Å². The molecule has 5 nitrogen and oxygen atoms in total. The molecule has 0 radical (unpaired) electrons. The van der Waals surface area contributed by atoms with Gasteiger partial charge in [-0.1, -0.05) is 5.16 Å². The first-order chi connectivity index (χ1) is 9.49. The molecule has 3 rings (SSSR count). The number of rotatable bonds is 2. The van der Waals surface area contributed by atoms with Gasteiger partial charge < -0.3 is 4.52 Å². The van der Waals surface area contributed by atoms with Crippen LogP contribution in [0.15, 0.2) is 15.6 Å². The minimum absolute atomic E-state index is 0.00292. The second kappa shape index (κ2) is 4.56. The summed E-state index contributed by atoms with van der Waals surface area (Å²) >= 11 is 1.56. The van der Waals surface area contributed by atoms with Crippen LogP contribution in [0.1, 0.15) is 27.5 Å². The van der Waals surface area contributed by atoms with E-state index in [1.54, 1.807) is 22.2 Å². The topological polar surface area (TPSA) is 60.9 Å². The van der Waals surface area contributed by atoms with E-state index in [2.05, 4.69) is 10.1 Å². The lowest BCUT2D eigenvalue weighted by Crippen LogP contribution is -2.21. The van der Waals surface area contributed by atoms with Gasteiger partial charge in [0.25, 0.3) is 5.56 Å².